The molecule has 0 amide bonds. The number of aryl methyl sites for hydroxylation is 1. The van der Waals surface area contributed by atoms with Crippen molar-refractivity contribution in [3.05, 3.63) is 59.7 Å². The van der Waals surface area contributed by atoms with Gasteiger partial charge in [0.2, 0.25) is 0 Å². The third-order valence-corrected chi connectivity index (χ3v) is 3.03. The van der Waals surface area contributed by atoms with Crippen molar-refractivity contribution in [1.29, 1.82) is 0 Å². The predicted molar refractivity (Wildman–Crippen MR) is 70.4 cm³/mol. The first-order valence-electron chi connectivity index (χ1n) is 6.25. The van der Waals surface area contributed by atoms with E-state index in [0.717, 1.165) is 36.0 Å². The average molecular weight is 246 g/mol. The highest BCUT2D eigenvalue weighted by Crippen LogP contribution is 2.26. The van der Waals surface area contributed by atoms with Gasteiger partial charge in [0.15, 0.2) is 0 Å². The second kappa shape index (κ2) is 5.76. The maximum atomic E-state index is 13.4. The van der Waals surface area contributed by atoms with Crippen LogP contribution in [0.15, 0.2) is 42.5 Å². The van der Waals surface area contributed by atoms with Crippen LogP contribution in [0.2, 0.25) is 0 Å². The standard InChI is InChI=1S/C16H16F2/c1-2-3-4-12-7-10-15(18)11-16(12)13-5-8-14(17)9-6-13/h5-11H,2-4H2,1H3. The largest absolute Gasteiger partial charge is 0.207 e. The van der Waals surface area contributed by atoms with Crippen molar-refractivity contribution in [2.24, 2.45) is 0 Å². The molecule has 18 heavy (non-hydrogen) atoms. The second-order valence-corrected chi connectivity index (χ2v) is 4.41. The zero-order chi connectivity index (χ0) is 13.0. The van der Waals surface area contributed by atoms with E-state index in [4.69, 9.17) is 0 Å². The Bertz CT molecular complexity index is 515. The van der Waals surface area contributed by atoms with Gasteiger partial charge in [-0.3, -0.25) is 0 Å². The van der Waals surface area contributed by atoms with Crippen molar-refractivity contribution in [3.63, 3.8) is 0 Å². The molecule has 0 heterocycles. The lowest BCUT2D eigenvalue weighted by Crippen LogP contribution is -1.92. The Hall–Kier alpha value is -1.70. The summed E-state index contributed by atoms with van der Waals surface area (Å²) < 4.78 is 26.3. The van der Waals surface area contributed by atoms with Crippen molar-refractivity contribution < 1.29 is 8.78 Å². The lowest BCUT2D eigenvalue weighted by molar-refractivity contribution is 0.626. The first-order valence-corrected chi connectivity index (χ1v) is 6.25. The molecule has 0 radical (unpaired) electrons. The molecule has 0 aliphatic heterocycles. The number of unbranched alkanes of at least 4 members (excludes halogenated alkanes) is 1. The van der Waals surface area contributed by atoms with E-state index in [0.29, 0.717) is 0 Å². The molecular formula is C16H16F2. The van der Waals surface area contributed by atoms with Crippen molar-refractivity contribution in [2.75, 3.05) is 0 Å². The zero-order valence-electron chi connectivity index (χ0n) is 10.4. The Labute approximate surface area is 106 Å². The molecule has 94 valence electrons. The van der Waals surface area contributed by atoms with E-state index in [-0.39, 0.29) is 11.6 Å². The Morgan fingerprint density at radius 2 is 1.56 bits per heavy atom. The fourth-order valence-electron chi connectivity index (χ4n) is 2.03. The summed E-state index contributed by atoms with van der Waals surface area (Å²) in [5.41, 5.74) is 2.84. The van der Waals surface area contributed by atoms with Gasteiger partial charge in [-0.25, -0.2) is 8.78 Å². The van der Waals surface area contributed by atoms with Crippen LogP contribution in [0.3, 0.4) is 0 Å². The first-order chi connectivity index (χ1) is 8.70. The van der Waals surface area contributed by atoms with Gasteiger partial charge in [-0.2, -0.15) is 0 Å². The van der Waals surface area contributed by atoms with Gasteiger partial charge in [0.1, 0.15) is 11.6 Å². The van der Waals surface area contributed by atoms with Crippen LogP contribution >= 0.6 is 0 Å². The van der Waals surface area contributed by atoms with Gasteiger partial charge in [-0.15, -0.1) is 0 Å². The van der Waals surface area contributed by atoms with Gasteiger partial charge in [0.05, 0.1) is 0 Å². The summed E-state index contributed by atoms with van der Waals surface area (Å²) in [5.74, 6) is -0.528. The molecule has 0 saturated carbocycles. The second-order valence-electron chi connectivity index (χ2n) is 4.41. The Kier molecular flexibility index (Phi) is 4.08. The van der Waals surface area contributed by atoms with Crippen molar-refractivity contribution in [3.8, 4) is 11.1 Å². The quantitative estimate of drug-likeness (QED) is 0.714. The number of benzene rings is 2. The molecule has 0 N–H and O–H groups in total. The normalized spacial score (nSPS) is 10.6. The molecule has 2 heteroatoms. The molecule has 0 fully saturated rings. The van der Waals surface area contributed by atoms with E-state index in [9.17, 15) is 8.78 Å². The molecule has 0 spiro atoms. The summed E-state index contributed by atoms with van der Waals surface area (Å²) >= 11 is 0. The molecule has 0 nitrogen and oxygen atoms in total. The molecule has 0 unspecified atom stereocenters. The van der Waals surface area contributed by atoms with Crippen molar-refractivity contribution in [2.45, 2.75) is 26.2 Å². The van der Waals surface area contributed by atoms with Gasteiger partial charge < -0.3 is 0 Å². The smallest absolute Gasteiger partial charge is 0.123 e. The van der Waals surface area contributed by atoms with Crippen LogP contribution in [0.25, 0.3) is 11.1 Å². The van der Waals surface area contributed by atoms with Gasteiger partial charge in [0, 0.05) is 0 Å². The van der Waals surface area contributed by atoms with Gasteiger partial charge in [0.25, 0.3) is 0 Å². The maximum Gasteiger partial charge on any atom is 0.123 e. The van der Waals surface area contributed by atoms with Gasteiger partial charge >= 0.3 is 0 Å². The fraction of sp³-hybridized carbons (Fsp3) is 0.250. The minimum absolute atomic E-state index is 0.255. The minimum Gasteiger partial charge on any atom is -0.207 e. The van der Waals surface area contributed by atoms with E-state index in [2.05, 4.69) is 6.92 Å². The lowest BCUT2D eigenvalue weighted by atomic mass is 9.96. The van der Waals surface area contributed by atoms with E-state index in [1.165, 1.54) is 24.3 Å². The maximum absolute atomic E-state index is 13.4. The zero-order valence-corrected chi connectivity index (χ0v) is 10.4. The number of halogens is 2. The van der Waals surface area contributed by atoms with E-state index < -0.39 is 0 Å². The molecule has 2 aromatic carbocycles. The molecule has 0 bridgehead atoms. The van der Waals surface area contributed by atoms with Crippen LogP contribution in [-0.2, 0) is 6.42 Å². The summed E-state index contributed by atoms with van der Waals surface area (Å²) in [6.07, 6.45) is 3.09. The van der Waals surface area contributed by atoms with Crippen LogP contribution < -0.4 is 0 Å². The van der Waals surface area contributed by atoms with E-state index in [1.54, 1.807) is 12.1 Å². The van der Waals surface area contributed by atoms with Crippen LogP contribution in [0.5, 0.6) is 0 Å². The summed E-state index contributed by atoms with van der Waals surface area (Å²) in [5, 5.41) is 0. The molecule has 2 aromatic rings. The van der Waals surface area contributed by atoms with Crippen LogP contribution in [-0.4, -0.2) is 0 Å². The number of rotatable bonds is 4. The molecule has 0 atom stereocenters. The highest BCUT2D eigenvalue weighted by Gasteiger charge is 2.06. The molecule has 0 aliphatic carbocycles. The summed E-state index contributed by atoms with van der Waals surface area (Å²) in [7, 11) is 0. The fourth-order valence-corrected chi connectivity index (χ4v) is 2.03. The van der Waals surface area contributed by atoms with Crippen molar-refractivity contribution in [1.82, 2.24) is 0 Å². The summed E-state index contributed by atoms with van der Waals surface area (Å²) in [6.45, 7) is 2.13. The molecule has 0 aliphatic rings. The Morgan fingerprint density at radius 3 is 2.22 bits per heavy atom. The van der Waals surface area contributed by atoms with Gasteiger partial charge in [-0.1, -0.05) is 31.5 Å². The topological polar surface area (TPSA) is 0 Å². The lowest BCUT2D eigenvalue weighted by Gasteiger charge is -2.09. The highest BCUT2D eigenvalue weighted by molar-refractivity contribution is 5.67. The summed E-state index contributed by atoms with van der Waals surface area (Å²) in [4.78, 5) is 0. The summed E-state index contributed by atoms with van der Waals surface area (Å²) in [6, 6.07) is 11.0. The minimum atomic E-state index is -0.273. The third-order valence-electron chi connectivity index (χ3n) is 3.03. The molecule has 0 saturated heterocycles. The highest BCUT2D eigenvalue weighted by atomic mass is 19.1. The first kappa shape index (κ1) is 12.7. The van der Waals surface area contributed by atoms with Crippen LogP contribution in [0.1, 0.15) is 25.3 Å². The predicted octanol–water partition coefficient (Wildman–Crippen LogP) is 4.97. The SMILES string of the molecule is CCCCc1ccc(F)cc1-c1ccc(F)cc1. The van der Waals surface area contributed by atoms with Crippen LogP contribution in [0, 0.1) is 11.6 Å². The average Bonchev–Trinajstić information content (AvgIpc) is 2.38. The van der Waals surface area contributed by atoms with Gasteiger partial charge in [-0.05, 0) is 53.8 Å². The van der Waals surface area contributed by atoms with E-state index in [1.807, 2.05) is 6.07 Å². The monoisotopic (exact) mass is 246 g/mol. The van der Waals surface area contributed by atoms with Crippen molar-refractivity contribution >= 4 is 0 Å². The third kappa shape index (κ3) is 2.95. The molecule has 2 rings (SSSR count). The Balaban J connectivity index is 2.40. The van der Waals surface area contributed by atoms with Crippen LogP contribution in [0.4, 0.5) is 8.78 Å². The number of hydrogen-bond donors (Lipinski definition) is 0. The Morgan fingerprint density at radius 1 is 0.889 bits per heavy atom. The molecular weight excluding hydrogens is 230 g/mol. The van der Waals surface area contributed by atoms with E-state index >= 15 is 0 Å². The molecule has 0 aromatic heterocycles. The number of hydrogen-bond acceptors (Lipinski definition) is 0.